The minimum absolute atomic E-state index is 0.205. The number of hydrogen-bond donors (Lipinski definition) is 1. The molecule has 1 aliphatic rings. The van der Waals surface area contributed by atoms with E-state index in [-0.39, 0.29) is 5.54 Å². The van der Waals surface area contributed by atoms with Crippen LogP contribution in [0, 0.1) is 0 Å². The van der Waals surface area contributed by atoms with Crippen LogP contribution in [0.2, 0.25) is 0 Å². The molecule has 0 bridgehead atoms. The van der Waals surface area contributed by atoms with E-state index in [4.69, 9.17) is 5.73 Å². The summed E-state index contributed by atoms with van der Waals surface area (Å²) in [5.41, 5.74) is 7.32. The Morgan fingerprint density at radius 3 is 2.87 bits per heavy atom. The number of nitrogens with zero attached hydrogens (tertiary/aromatic N) is 2. The second-order valence-corrected chi connectivity index (χ2v) is 4.98. The number of rotatable bonds is 2. The van der Waals surface area contributed by atoms with Gasteiger partial charge >= 0.3 is 0 Å². The van der Waals surface area contributed by atoms with Gasteiger partial charge in [0.1, 0.15) is 0 Å². The molecule has 82 valence electrons. The van der Waals surface area contributed by atoms with E-state index in [2.05, 4.69) is 29.8 Å². The van der Waals surface area contributed by atoms with Crippen LogP contribution >= 0.6 is 0 Å². The number of nitrogens with two attached hydrogens (primary N) is 1. The van der Waals surface area contributed by atoms with Crippen LogP contribution in [0.3, 0.4) is 0 Å². The van der Waals surface area contributed by atoms with E-state index in [0.717, 1.165) is 25.2 Å². The van der Waals surface area contributed by atoms with Gasteiger partial charge in [0.15, 0.2) is 0 Å². The maximum Gasteiger partial charge on any atom is 0.0544 e. The molecule has 0 amide bonds. The Morgan fingerprint density at radius 2 is 2.33 bits per heavy atom. The van der Waals surface area contributed by atoms with Crippen LogP contribution in [0.1, 0.15) is 26.0 Å². The summed E-state index contributed by atoms with van der Waals surface area (Å²) in [5.74, 6) is 0. The van der Waals surface area contributed by atoms with Crippen LogP contribution in [-0.2, 0) is 6.54 Å². The molecule has 2 rings (SSSR count). The van der Waals surface area contributed by atoms with Crippen molar-refractivity contribution >= 4 is 0 Å². The average Bonchev–Trinajstić information content (AvgIpc) is 2.41. The first kappa shape index (κ1) is 10.6. The van der Waals surface area contributed by atoms with Crippen molar-refractivity contribution in [2.24, 2.45) is 5.73 Å². The second-order valence-electron chi connectivity index (χ2n) is 4.98. The minimum Gasteiger partial charge on any atom is -0.326 e. The van der Waals surface area contributed by atoms with Crippen LogP contribution in [0.4, 0.5) is 0 Å². The highest BCUT2D eigenvalue weighted by atomic mass is 15.2. The van der Waals surface area contributed by atoms with Gasteiger partial charge in [0, 0.05) is 30.9 Å². The molecular weight excluding hydrogens is 186 g/mol. The third-order valence-electron chi connectivity index (χ3n) is 3.15. The van der Waals surface area contributed by atoms with E-state index in [9.17, 15) is 0 Å². The van der Waals surface area contributed by atoms with E-state index < -0.39 is 0 Å². The third-order valence-corrected chi connectivity index (χ3v) is 3.15. The topological polar surface area (TPSA) is 42.1 Å². The Morgan fingerprint density at radius 1 is 1.53 bits per heavy atom. The summed E-state index contributed by atoms with van der Waals surface area (Å²) in [6, 6.07) is 6.36. The number of likely N-dealkylation sites (tertiary alicyclic amines) is 1. The highest BCUT2D eigenvalue weighted by molar-refractivity contribution is 5.06. The molecule has 1 fully saturated rings. The zero-order valence-corrected chi connectivity index (χ0v) is 9.48. The molecular formula is C12H19N3. The smallest absolute Gasteiger partial charge is 0.0544 e. The standard InChI is InChI=1S/C12H19N3/c1-12(2)7-10(13)8-15(12)9-11-5-3-4-6-14-11/h3-6,10H,7-9,13H2,1-2H3. The number of pyridine rings is 1. The molecule has 1 saturated heterocycles. The van der Waals surface area contributed by atoms with Crippen LogP contribution in [0.15, 0.2) is 24.4 Å². The first-order chi connectivity index (χ1) is 7.08. The Bertz CT molecular complexity index is 321. The van der Waals surface area contributed by atoms with E-state index in [0.29, 0.717) is 6.04 Å². The lowest BCUT2D eigenvalue weighted by molar-refractivity contribution is 0.164. The van der Waals surface area contributed by atoms with E-state index in [1.165, 1.54) is 0 Å². The zero-order chi connectivity index (χ0) is 10.9. The van der Waals surface area contributed by atoms with E-state index >= 15 is 0 Å². The Hall–Kier alpha value is -0.930. The highest BCUT2D eigenvalue weighted by Crippen LogP contribution is 2.28. The van der Waals surface area contributed by atoms with Crippen molar-refractivity contribution in [3.8, 4) is 0 Å². The van der Waals surface area contributed by atoms with Gasteiger partial charge in [0.25, 0.3) is 0 Å². The van der Waals surface area contributed by atoms with Crippen molar-refractivity contribution in [2.75, 3.05) is 6.54 Å². The summed E-state index contributed by atoms with van der Waals surface area (Å²) in [4.78, 5) is 6.77. The van der Waals surface area contributed by atoms with Crippen LogP contribution < -0.4 is 5.73 Å². The maximum atomic E-state index is 5.99. The van der Waals surface area contributed by atoms with Crippen LogP contribution in [0.25, 0.3) is 0 Å². The molecule has 1 unspecified atom stereocenters. The fraction of sp³-hybridized carbons (Fsp3) is 0.583. The normalized spacial score (nSPS) is 25.7. The van der Waals surface area contributed by atoms with Crippen molar-refractivity contribution in [2.45, 2.75) is 38.4 Å². The fourth-order valence-corrected chi connectivity index (χ4v) is 2.33. The summed E-state index contributed by atoms with van der Waals surface area (Å²) in [6.07, 6.45) is 2.91. The summed E-state index contributed by atoms with van der Waals surface area (Å²) in [7, 11) is 0. The van der Waals surface area contributed by atoms with Crippen molar-refractivity contribution in [3.05, 3.63) is 30.1 Å². The van der Waals surface area contributed by atoms with Crippen LogP contribution in [-0.4, -0.2) is 28.0 Å². The maximum absolute atomic E-state index is 5.99. The second kappa shape index (κ2) is 3.91. The van der Waals surface area contributed by atoms with Gasteiger partial charge in [-0.15, -0.1) is 0 Å². The summed E-state index contributed by atoms with van der Waals surface area (Å²) < 4.78 is 0. The van der Waals surface area contributed by atoms with Crippen molar-refractivity contribution < 1.29 is 0 Å². The predicted octanol–water partition coefficient (Wildman–Crippen LogP) is 1.39. The van der Waals surface area contributed by atoms with Gasteiger partial charge < -0.3 is 5.73 Å². The lowest BCUT2D eigenvalue weighted by atomic mass is 10.0. The van der Waals surface area contributed by atoms with E-state index in [1.54, 1.807) is 0 Å². The van der Waals surface area contributed by atoms with Gasteiger partial charge in [-0.25, -0.2) is 0 Å². The van der Waals surface area contributed by atoms with Crippen LogP contribution in [0.5, 0.6) is 0 Å². The molecule has 0 aromatic carbocycles. The first-order valence-corrected chi connectivity index (χ1v) is 5.48. The largest absolute Gasteiger partial charge is 0.326 e. The van der Waals surface area contributed by atoms with Gasteiger partial charge in [0.2, 0.25) is 0 Å². The van der Waals surface area contributed by atoms with Crippen molar-refractivity contribution in [1.29, 1.82) is 0 Å². The molecule has 1 aromatic rings. The molecule has 0 radical (unpaired) electrons. The average molecular weight is 205 g/mol. The molecule has 2 N–H and O–H groups in total. The molecule has 0 aliphatic carbocycles. The molecule has 1 aliphatic heterocycles. The van der Waals surface area contributed by atoms with Crippen molar-refractivity contribution in [1.82, 2.24) is 9.88 Å². The van der Waals surface area contributed by atoms with Gasteiger partial charge in [-0.3, -0.25) is 9.88 Å². The lowest BCUT2D eigenvalue weighted by Crippen LogP contribution is -2.37. The molecule has 3 nitrogen and oxygen atoms in total. The highest BCUT2D eigenvalue weighted by Gasteiger charge is 2.36. The molecule has 15 heavy (non-hydrogen) atoms. The summed E-state index contributed by atoms with van der Waals surface area (Å²) in [5, 5.41) is 0. The lowest BCUT2D eigenvalue weighted by Gasteiger charge is -2.30. The van der Waals surface area contributed by atoms with Crippen molar-refractivity contribution in [3.63, 3.8) is 0 Å². The molecule has 1 atom stereocenters. The zero-order valence-electron chi connectivity index (χ0n) is 9.48. The molecule has 0 spiro atoms. The van der Waals surface area contributed by atoms with Gasteiger partial charge in [0.05, 0.1) is 5.69 Å². The van der Waals surface area contributed by atoms with E-state index in [1.807, 2.05) is 18.3 Å². The Balaban J connectivity index is 2.07. The number of aromatic nitrogens is 1. The quantitative estimate of drug-likeness (QED) is 0.793. The minimum atomic E-state index is 0.205. The molecule has 2 heterocycles. The first-order valence-electron chi connectivity index (χ1n) is 5.48. The summed E-state index contributed by atoms with van der Waals surface area (Å²) in [6.45, 7) is 6.39. The predicted molar refractivity (Wildman–Crippen MR) is 61.3 cm³/mol. The Labute approximate surface area is 91.3 Å². The molecule has 1 aromatic heterocycles. The summed E-state index contributed by atoms with van der Waals surface area (Å²) >= 11 is 0. The van der Waals surface area contributed by atoms with Gasteiger partial charge in [-0.05, 0) is 32.4 Å². The molecule has 0 saturated carbocycles. The SMILES string of the molecule is CC1(C)CC(N)CN1Cc1ccccn1. The third kappa shape index (κ3) is 2.36. The van der Waals surface area contributed by atoms with Gasteiger partial charge in [-0.1, -0.05) is 6.07 Å². The van der Waals surface area contributed by atoms with Gasteiger partial charge in [-0.2, -0.15) is 0 Å². The molecule has 3 heteroatoms. The monoisotopic (exact) mass is 205 g/mol. The number of hydrogen-bond acceptors (Lipinski definition) is 3. The fourth-order valence-electron chi connectivity index (χ4n) is 2.33. The Kier molecular flexibility index (Phi) is 2.76.